The van der Waals surface area contributed by atoms with Crippen LogP contribution in [0.5, 0.6) is 0 Å². The number of nitrogens with zero attached hydrogens (tertiary/aromatic N) is 1. The number of ether oxygens (including phenoxy) is 2. The summed E-state index contributed by atoms with van der Waals surface area (Å²) in [5, 5.41) is 0. The third kappa shape index (κ3) is 3.85. The van der Waals surface area contributed by atoms with E-state index in [1.165, 1.54) is 24.3 Å². The fraction of sp³-hybridized carbons (Fsp3) is 0.278. The van der Waals surface area contributed by atoms with Crippen molar-refractivity contribution in [2.45, 2.75) is 26.4 Å². The zero-order valence-electron chi connectivity index (χ0n) is 14.9. The summed E-state index contributed by atoms with van der Waals surface area (Å²) in [7, 11) is 0. The highest BCUT2D eigenvalue weighted by Gasteiger charge is 2.30. The lowest BCUT2D eigenvalue weighted by Crippen LogP contribution is -2.28. The topological polar surface area (TPSA) is 139 Å². The van der Waals surface area contributed by atoms with Crippen molar-refractivity contribution in [3.63, 3.8) is 0 Å². The number of rotatable bonds is 6. The van der Waals surface area contributed by atoms with E-state index in [9.17, 15) is 24.0 Å². The minimum atomic E-state index is -0.740. The molecule has 146 valence electrons. The average Bonchev–Trinajstić information content (AvgIpc) is 3.22. The van der Waals surface area contributed by atoms with Crippen LogP contribution in [0, 0.1) is 0 Å². The highest BCUT2D eigenvalue weighted by atomic mass is 16.5. The second-order valence-electron chi connectivity index (χ2n) is 5.90. The van der Waals surface area contributed by atoms with Gasteiger partial charge in [-0.2, -0.15) is 0 Å². The van der Waals surface area contributed by atoms with Gasteiger partial charge in [0.2, 0.25) is 11.8 Å². The summed E-state index contributed by atoms with van der Waals surface area (Å²) in [5.74, 6) is -2.02. The van der Waals surface area contributed by atoms with Gasteiger partial charge in [-0.05, 0) is 31.2 Å². The molecule has 1 fully saturated rings. The molecule has 0 saturated carbocycles. The van der Waals surface area contributed by atoms with Gasteiger partial charge in [0.15, 0.2) is 5.69 Å². The van der Waals surface area contributed by atoms with Crippen LogP contribution in [0.2, 0.25) is 0 Å². The molecular formula is C18H17N3O7. The van der Waals surface area contributed by atoms with Crippen molar-refractivity contribution in [2.24, 2.45) is 0 Å². The lowest BCUT2D eigenvalue weighted by atomic mass is 10.2. The lowest BCUT2D eigenvalue weighted by Gasteiger charge is -2.14. The summed E-state index contributed by atoms with van der Waals surface area (Å²) in [6.45, 7) is 1.39. The molecule has 28 heavy (non-hydrogen) atoms. The number of carbonyl (C=O) groups excluding carboxylic acids is 4. The monoisotopic (exact) mass is 387 g/mol. The predicted molar refractivity (Wildman–Crippen MR) is 94.7 cm³/mol. The van der Waals surface area contributed by atoms with Crippen LogP contribution < -0.4 is 10.6 Å². The van der Waals surface area contributed by atoms with E-state index in [0.29, 0.717) is 5.69 Å². The SMILES string of the molecule is CCOC(=O)c1[nH]c(=O)[nH]c1COC(=O)c1ccc(N2C(=O)CCC2=O)cc1. The first-order valence-corrected chi connectivity index (χ1v) is 8.52. The first-order valence-electron chi connectivity index (χ1n) is 8.52. The maximum atomic E-state index is 12.2. The molecule has 1 aliphatic rings. The molecular weight excluding hydrogens is 370 g/mol. The predicted octanol–water partition coefficient (Wildman–Crippen LogP) is 0.890. The summed E-state index contributed by atoms with van der Waals surface area (Å²) in [4.78, 5) is 64.7. The quantitative estimate of drug-likeness (QED) is 0.554. The lowest BCUT2D eigenvalue weighted by molar-refractivity contribution is -0.121. The summed E-state index contributed by atoms with van der Waals surface area (Å²) in [5.41, 5.74) is -0.0943. The van der Waals surface area contributed by atoms with Crippen molar-refractivity contribution in [1.82, 2.24) is 9.97 Å². The second kappa shape index (κ2) is 7.91. The second-order valence-corrected chi connectivity index (χ2v) is 5.90. The van der Waals surface area contributed by atoms with Crippen LogP contribution in [-0.2, 0) is 25.7 Å². The Kier molecular flexibility index (Phi) is 5.39. The third-order valence-corrected chi connectivity index (χ3v) is 4.04. The molecule has 10 heteroatoms. The van der Waals surface area contributed by atoms with Crippen LogP contribution in [0.15, 0.2) is 29.1 Å². The number of carbonyl (C=O) groups is 4. The summed E-state index contributed by atoms with van der Waals surface area (Å²) in [6.07, 6.45) is 0.334. The van der Waals surface area contributed by atoms with Crippen molar-refractivity contribution in [1.29, 1.82) is 0 Å². The van der Waals surface area contributed by atoms with Gasteiger partial charge in [0, 0.05) is 12.8 Å². The van der Waals surface area contributed by atoms with Gasteiger partial charge in [0.25, 0.3) is 0 Å². The molecule has 2 aromatic rings. The number of nitrogens with one attached hydrogen (secondary N) is 2. The summed E-state index contributed by atoms with van der Waals surface area (Å²) in [6, 6.07) is 5.78. The maximum Gasteiger partial charge on any atom is 0.356 e. The smallest absolute Gasteiger partial charge is 0.356 e. The van der Waals surface area contributed by atoms with Crippen LogP contribution in [0.3, 0.4) is 0 Å². The fourth-order valence-electron chi connectivity index (χ4n) is 2.74. The first-order chi connectivity index (χ1) is 13.4. The number of hydrogen-bond acceptors (Lipinski definition) is 7. The molecule has 0 spiro atoms. The van der Waals surface area contributed by atoms with E-state index >= 15 is 0 Å². The van der Waals surface area contributed by atoms with Gasteiger partial charge >= 0.3 is 17.6 Å². The molecule has 1 aromatic heterocycles. The Morgan fingerprint density at radius 3 is 2.21 bits per heavy atom. The van der Waals surface area contributed by atoms with E-state index in [1.807, 2.05) is 0 Å². The molecule has 0 bridgehead atoms. The number of imidazole rings is 1. The molecule has 10 nitrogen and oxygen atoms in total. The Hall–Kier alpha value is -3.69. The highest BCUT2D eigenvalue weighted by molar-refractivity contribution is 6.19. The molecule has 2 heterocycles. The van der Waals surface area contributed by atoms with Gasteiger partial charge in [-0.1, -0.05) is 0 Å². The van der Waals surface area contributed by atoms with Gasteiger partial charge in [-0.3, -0.25) is 19.5 Å². The number of imide groups is 1. The van der Waals surface area contributed by atoms with Crippen molar-refractivity contribution >= 4 is 29.4 Å². The molecule has 0 unspecified atom stereocenters. The van der Waals surface area contributed by atoms with E-state index in [0.717, 1.165) is 4.90 Å². The Labute approximate surface area is 158 Å². The van der Waals surface area contributed by atoms with Crippen molar-refractivity contribution < 1.29 is 28.7 Å². The van der Waals surface area contributed by atoms with Gasteiger partial charge in [0.05, 0.1) is 23.6 Å². The fourth-order valence-corrected chi connectivity index (χ4v) is 2.74. The summed E-state index contributed by atoms with van der Waals surface area (Å²) >= 11 is 0. The minimum absolute atomic E-state index is 0.0849. The molecule has 3 rings (SSSR count). The molecule has 0 atom stereocenters. The molecule has 2 amide bonds. The van der Waals surface area contributed by atoms with Crippen LogP contribution >= 0.6 is 0 Å². The molecule has 1 saturated heterocycles. The number of hydrogen-bond donors (Lipinski definition) is 2. The van der Waals surface area contributed by atoms with E-state index < -0.39 is 17.6 Å². The minimum Gasteiger partial charge on any atom is -0.461 e. The van der Waals surface area contributed by atoms with Gasteiger partial charge < -0.3 is 14.5 Å². The molecule has 1 aromatic carbocycles. The van der Waals surface area contributed by atoms with Crippen LogP contribution in [0.25, 0.3) is 0 Å². The number of H-pyrrole nitrogens is 2. The summed E-state index contributed by atoms with van der Waals surface area (Å²) < 4.78 is 9.94. The Balaban J connectivity index is 1.68. The highest BCUT2D eigenvalue weighted by Crippen LogP contribution is 2.23. The molecule has 1 aliphatic heterocycles. The zero-order valence-corrected chi connectivity index (χ0v) is 14.9. The van der Waals surface area contributed by atoms with Crippen molar-refractivity contribution in [3.8, 4) is 0 Å². The number of amides is 2. The van der Waals surface area contributed by atoms with Crippen LogP contribution in [0.4, 0.5) is 5.69 Å². The zero-order chi connectivity index (χ0) is 20.3. The normalized spacial score (nSPS) is 13.7. The molecule has 0 radical (unpaired) electrons. The first kappa shape index (κ1) is 19.1. The van der Waals surface area contributed by atoms with Gasteiger partial charge in [0.1, 0.15) is 6.61 Å². The largest absolute Gasteiger partial charge is 0.461 e. The molecule has 2 N–H and O–H groups in total. The maximum absolute atomic E-state index is 12.2. The van der Waals surface area contributed by atoms with Crippen molar-refractivity contribution in [2.75, 3.05) is 11.5 Å². The van der Waals surface area contributed by atoms with E-state index in [-0.39, 0.29) is 54.8 Å². The van der Waals surface area contributed by atoms with Crippen molar-refractivity contribution in [3.05, 3.63) is 51.7 Å². The molecule has 0 aliphatic carbocycles. The number of anilines is 1. The van der Waals surface area contributed by atoms with Crippen LogP contribution in [-0.4, -0.2) is 40.3 Å². The number of esters is 2. The Morgan fingerprint density at radius 1 is 0.964 bits per heavy atom. The number of aromatic nitrogens is 2. The van der Waals surface area contributed by atoms with E-state index in [2.05, 4.69) is 9.97 Å². The Bertz CT molecular complexity index is 971. The average molecular weight is 387 g/mol. The van der Waals surface area contributed by atoms with Crippen LogP contribution in [0.1, 0.15) is 46.3 Å². The number of aromatic amines is 2. The van der Waals surface area contributed by atoms with Gasteiger partial charge in [-0.15, -0.1) is 0 Å². The van der Waals surface area contributed by atoms with E-state index in [1.54, 1.807) is 6.92 Å². The standard InChI is InChI=1S/C18H17N3O7/c1-2-27-17(25)15-12(19-18(26)20-15)9-28-16(24)10-3-5-11(6-4-10)21-13(22)7-8-14(21)23/h3-6H,2,7-9H2,1H3,(H2,19,20,26). The van der Waals surface area contributed by atoms with E-state index in [4.69, 9.17) is 9.47 Å². The Morgan fingerprint density at radius 2 is 1.61 bits per heavy atom. The number of benzene rings is 1. The van der Waals surface area contributed by atoms with Gasteiger partial charge in [-0.25, -0.2) is 14.4 Å². The third-order valence-electron chi connectivity index (χ3n) is 4.04.